The first-order chi connectivity index (χ1) is 15.6. The van der Waals surface area contributed by atoms with E-state index in [0.29, 0.717) is 10.0 Å². The van der Waals surface area contributed by atoms with Gasteiger partial charge in [-0.25, -0.2) is 0 Å². The van der Waals surface area contributed by atoms with Crippen molar-refractivity contribution in [3.05, 3.63) is 28.2 Å². The fraction of sp³-hybridized carbons (Fsp3) is 0.786. The Morgan fingerprint density at radius 1 is 0.636 bits per heavy atom. The molecule has 0 heterocycles. The van der Waals surface area contributed by atoms with Crippen LogP contribution < -0.4 is 21.7 Å². The van der Waals surface area contributed by atoms with Crippen molar-refractivity contribution in [2.45, 2.75) is 111 Å². The maximum atomic E-state index is 6.09. The van der Waals surface area contributed by atoms with Crippen molar-refractivity contribution in [2.24, 2.45) is 0 Å². The van der Waals surface area contributed by atoms with Crippen molar-refractivity contribution in [2.75, 3.05) is 32.8 Å². The zero-order valence-corrected chi connectivity index (χ0v) is 24.8. The standard InChI is InChI=1S/C28H50Cl2NO.BrH/c1-4-7-8-9-10-11-12-13-14-15-16-17-18-19-22-31(5-2,6-3)23-24-32-26-20-21-27(29)28(30)25-26;/h20-21,25H,4-19,22-24H2,1-3H3;1H/q+1;/p-1. The summed E-state index contributed by atoms with van der Waals surface area (Å²) in [7, 11) is 0. The van der Waals surface area contributed by atoms with E-state index in [2.05, 4.69) is 20.8 Å². The Labute approximate surface area is 226 Å². The molecule has 0 aromatic heterocycles. The Hall–Kier alpha value is 0.0400. The maximum absolute atomic E-state index is 6.09. The first-order valence-electron chi connectivity index (χ1n) is 13.5. The van der Waals surface area contributed by atoms with Crippen molar-refractivity contribution >= 4 is 23.2 Å². The molecule has 194 valence electrons. The van der Waals surface area contributed by atoms with Gasteiger partial charge in [-0.3, -0.25) is 0 Å². The lowest BCUT2D eigenvalue weighted by atomic mass is 10.0. The van der Waals surface area contributed by atoms with Crippen LogP contribution >= 0.6 is 23.2 Å². The molecule has 0 saturated heterocycles. The fourth-order valence-electron chi connectivity index (χ4n) is 4.53. The first-order valence-corrected chi connectivity index (χ1v) is 14.3. The predicted octanol–water partition coefficient (Wildman–Crippen LogP) is 6.71. The van der Waals surface area contributed by atoms with E-state index >= 15 is 0 Å². The zero-order valence-electron chi connectivity index (χ0n) is 21.7. The number of hydrogen-bond acceptors (Lipinski definition) is 1. The summed E-state index contributed by atoms with van der Waals surface area (Å²) in [5, 5.41) is 1.13. The Bertz CT molecular complexity index is 581. The molecule has 0 atom stereocenters. The van der Waals surface area contributed by atoms with E-state index in [1.54, 1.807) is 6.07 Å². The highest BCUT2D eigenvalue weighted by molar-refractivity contribution is 6.42. The highest BCUT2D eigenvalue weighted by atomic mass is 79.9. The van der Waals surface area contributed by atoms with Crippen LogP contribution in [0.1, 0.15) is 111 Å². The number of rotatable bonds is 21. The number of quaternary nitrogens is 1. The monoisotopic (exact) mass is 565 g/mol. The predicted molar refractivity (Wildman–Crippen MR) is 143 cm³/mol. The molecule has 0 spiro atoms. The quantitative estimate of drug-likeness (QED) is 0.119. The molecule has 1 rings (SSSR count). The van der Waals surface area contributed by atoms with E-state index in [4.69, 9.17) is 27.9 Å². The van der Waals surface area contributed by atoms with Crippen LogP contribution in [-0.4, -0.2) is 37.3 Å². The summed E-state index contributed by atoms with van der Waals surface area (Å²) >= 11 is 12.1. The van der Waals surface area contributed by atoms with Gasteiger partial charge in [0.25, 0.3) is 0 Å². The van der Waals surface area contributed by atoms with Gasteiger partial charge in [0.05, 0.1) is 29.7 Å². The average Bonchev–Trinajstić information content (AvgIpc) is 2.80. The zero-order chi connectivity index (χ0) is 23.5. The molecule has 0 aliphatic carbocycles. The van der Waals surface area contributed by atoms with Crippen LogP contribution in [0.3, 0.4) is 0 Å². The van der Waals surface area contributed by atoms with Crippen molar-refractivity contribution in [3.63, 3.8) is 0 Å². The molecule has 0 saturated carbocycles. The number of hydrogen-bond donors (Lipinski definition) is 0. The number of nitrogens with zero attached hydrogens (tertiary/aromatic N) is 1. The molecule has 2 nitrogen and oxygen atoms in total. The molecule has 0 unspecified atom stereocenters. The van der Waals surface area contributed by atoms with E-state index in [-0.39, 0.29) is 17.0 Å². The van der Waals surface area contributed by atoms with Gasteiger partial charge < -0.3 is 26.2 Å². The Morgan fingerprint density at radius 2 is 1.12 bits per heavy atom. The normalized spacial score (nSPS) is 11.4. The lowest BCUT2D eigenvalue weighted by Crippen LogP contribution is -3.00. The van der Waals surface area contributed by atoms with Crippen LogP contribution in [0.5, 0.6) is 5.75 Å². The minimum atomic E-state index is 0. The third kappa shape index (κ3) is 15.6. The van der Waals surface area contributed by atoms with Crippen LogP contribution in [0, 0.1) is 0 Å². The topological polar surface area (TPSA) is 9.23 Å². The highest BCUT2D eigenvalue weighted by Crippen LogP contribution is 2.26. The van der Waals surface area contributed by atoms with Gasteiger partial charge in [0.1, 0.15) is 18.9 Å². The van der Waals surface area contributed by atoms with Crippen LogP contribution in [0.25, 0.3) is 0 Å². The Kier molecular flexibility index (Phi) is 21.4. The van der Waals surface area contributed by atoms with Gasteiger partial charge in [0.15, 0.2) is 0 Å². The summed E-state index contributed by atoms with van der Waals surface area (Å²) in [4.78, 5) is 0. The van der Waals surface area contributed by atoms with Gasteiger partial charge in [-0.1, -0.05) is 107 Å². The molecule has 1 aromatic carbocycles. The molecule has 1 aromatic rings. The smallest absolute Gasteiger partial charge is 0.137 e. The second kappa shape index (κ2) is 21.3. The molecular formula is C28H50BrCl2NO. The number of halogens is 3. The van der Waals surface area contributed by atoms with Crippen molar-refractivity contribution < 1.29 is 26.2 Å². The molecule has 33 heavy (non-hydrogen) atoms. The van der Waals surface area contributed by atoms with E-state index < -0.39 is 0 Å². The second-order valence-electron chi connectivity index (χ2n) is 9.44. The molecule has 0 N–H and O–H groups in total. The third-order valence-corrected chi connectivity index (χ3v) is 7.79. The molecule has 5 heteroatoms. The van der Waals surface area contributed by atoms with Gasteiger partial charge in [0.2, 0.25) is 0 Å². The molecule has 0 aliphatic heterocycles. The number of unbranched alkanes of at least 4 members (excludes halogenated alkanes) is 13. The largest absolute Gasteiger partial charge is 1.00 e. The van der Waals surface area contributed by atoms with E-state index in [1.165, 1.54) is 110 Å². The van der Waals surface area contributed by atoms with Gasteiger partial charge >= 0.3 is 0 Å². The Balaban J connectivity index is 0.0000102. The maximum Gasteiger partial charge on any atom is 0.137 e. The summed E-state index contributed by atoms with van der Waals surface area (Å²) < 4.78 is 7.10. The second-order valence-corrected chi connectivity index (χ2v) is 10.3. The van der Waals surface area contributed by atoms with Gasteiger partial charge in [-0.05, 0) is 38.8 Å². The van der Waals surface area contributed by atoms with E-state index in [9.17, 15) is 0 Å². The molecule has 0 bridgehead atoms. The van der Waals surface area contributed by atoms with Crippen LogP contribution in [-0.2, 0) is 0 Å². The Morgan fingerprint density at radius 3 is 1.58 bits per heavy atom. The molecular weight excluding hydrogens is 517 g/mol. The van der Waals surface area contributed by atoms with E-state index in [0.717, 1.165) is 23.4 Å². The first kappa shape index (κ1) is 33.0. The van der Waals surface area contributed by atoms with Crippen molar-refractivity contribution in [1.82, 2.24) is 0 Å². The fourth-order valence-corrected chi connectivity index (χ4v) is 4.82. The van der Waals surface area contributed by atoms with Gasteiger partial charge in [-0.15, -0.1) is 0 Å². The van der Waals surface area contributed by atoms with Crippen molar-refractivity contribution in [3.8, 4) is 5.75 Å². The SMILES string of the molecule is CCCCCCCCCCCCCCCC[N+](CC)(CC)CCOc1ccc(Cl)c(Cl)c1.[Br-]. The van der Waals surface area contributed by atoms with Gasteiger partial charge in [0, 0.05) is 6.07 Å². The minimum Gasteiger partial charge on any atom is -1.00 e. The highest BCUT2D eigenvalue weighted by Gasteiger charge is 2.22. The summed E-state index contributed by atoms with van der Waals surface area (Å²) in [6.45, 7) is 12.3. The lowest BCUT2D eigenvalue weighted by molar-refractivity contribution is -0.925. The molecule has 0 aliphatic rings. The third-order valence-electron chi connectivity index (χ3n) is 7.05. The number of benzene rings is 1. The number of likely N-dealkylation sites (N-methyl/N-ethyl adjacent to an activating group) is 1. The minimum absolute atomic E-state index is 0. The summed E-state index contributed by atoms with van der Waals surface area (Å²) in [6, 6.07) is 5.51. The summed E-state index contributed by atoms with van der Waals surface area (Å²) in [5.74, 6) is 0.807. The molecule has 0 amide bonds. The molecule has 0 radical (unpaired) electrons. The summed E-state index contributed by atoms with van der Waals surface area (Å²) in [6.07, 6.45) is 19.8. The van der Waals surface area contributed by atoms with E-state index in [1.807, 2.05) is 12.1 Å². The summed E-state index contributed by atoms with van der Waals surface area (Å²) in [5.41, 5.74) is 0. The number of ether oxygens (including phenoxy) is 1. The van der Waals surface area contributed by atoms with Gasteiger partial charge in [-0.2, -0.15) is 0 Å². The van der Waals surface area contributed by atoms with Crippen LogP contribution in [0.4, 0.5) is 0 Å². The molecule has 0 fully saturated rings. The van der Waals surface area contributed by atoms with Crippen LogP contribution in [0.2, 0.25) is 10.0 Å². The van der Waals surface area contributed by atoms with Crippen molar-refractivity contribution in [1.29, 1.82) is 0 Å². The average molecular weight is 568 g/mol. The van der Waals surface area contributed by atoms with Crippen LogP contribution in [0.15, 0.2) is 18.2 Å². The lowest BCUT2D eigenvalue weighted by Gasteiger charge is -2.37.